The Balaban J connectivity index is 2.10. The summed E-state index contributed by atoms with van der Waals surface area (Å²) in [6, 6.07) is 6.16. The summed E-state index contributed by atoms with van der Waals surface area (Å²) in [5, 5.41) is 0. The zero-order valence-electron chi connectivity index (χ0n) is 10.9. The van der Waals surface area contributed by atoms with Crippen molar-refractivity contribution in [3.05, 3.63) is 30.1 Å². The van der Waals surface area contributed by atoms with Gasteiger partial charge in [0, 0.05) is 23.7 Å². The summed E-state index contributed by atoms with van der Waals surface area (Å²) >= 11 is 0. The van der Waals surface area contributed by atoms with Crippen molar-refractivity contribution in [2.24, 2.45) is 5.73 Å². The minimum Gasteiger partial charge on any atom is -0.370 e. The van der Waals surface area contributed by atoms with Crippen LogP contribution in [0.4, 0.5) is 0 Å². The molecule has 1 aliphatic carbocycles. The monoisotopic (exact) mass is 246 g/mol. The zero-order chi connectivity index (χ0) is 12.8. The first-order chi connectivity index (χ1) is 8.73. The van der Waals surface area contributed by atoms with Crippen LogP contribution < -0.4 is 5.73 Å². The Hall–Kier alpha value is -1.38. The highest BCUT2D eigenvalue weighted by Crippen LogP contribution is 2.42. The van der Waals surface area contributed by atoms with E-state index in [2.05, 4.69) is 17.1 Å². The summed E-state index contributed by atoms with van der Waals surface area (Å²) in [5.41, 5.74) is 6.63. The minimum absolute atomic E-state index is 0.189. The van der Waals surface area contributed by atoms with Gasteiger partial charge < -0.3 is 5.73 Å². The molecule has 1 aromatic rings. The van der Waals surface area contributed by atoms with Crippen LogP contribution in [0, 0.1) is 0 Å². The lowest BCUT2D eigenvalue weighted by Crippen LogP contribution is -2.30. The molecule has 2 rings (SSSR count). The second-order valence-electron chi connectivity index (χ2n) is 5.38. The van der Waals surface area contributed by atoms with E-state index in [0.29, 0.717) is 6.42 Å². The number of nitrogens with two attached hydrogens (primary N) is 1. The van der Waals surface area contributed by atoms with Crippen molar-refractivity contribution in [1.29, 1.82) is 0 Å². The van der Waals surface area contributed by atoms with Gasteiger partial charge in [0.05, 0.1) is 0 Å². The molecule has 3 nitrogen and oxygen atoms in total. The largest absolute Gasteiger partial charge is 0.370 e. The summed E-state index contributed by atoms with van der Waals surface area (Å²) in [7, 11) is 0. The highest BCUT2D eigenvalue weighted by Gasteiger charge is 2.34. The normalized spacial score (nSPS) is 18.4. The van der Waals surface area contributed by atoms with E-state index in [4.69, 9.17) is 5.73 Å². The maximum atomic E-state index is 10.9. The van der Waals surface area contributed by atoms with E-state index in [1.807, 2.05) is 12.3 Å². The van der Waals surface area contributed by atoms with E-state index < -0.39 is 0 Å². The van der Waals surface area contributed by atoms with Gasteiger partial charge >= 0.3 is 0 Å². The number of carbonyl (C=O) groups excluding carboxylic acids is 1. The summed E-state index contributed by atoms with van der Waals surface area (Å²) in [4.78, 5) is 15.4. The number of hydrogen-bond donors (Lipinski definition) is 1. The van der Waals surface area contributed by atoms with E-state index >= 15 is 0 Å². The second kappa shape index (κ2) is 5.98. The standard InChI is InChI=1S/C15H22N2O/c16-14(18)8-6-11-15(9-3-1-4-10-15)13-7-2-5-12-17-13/h2,5,7,12H,1,3-4,6,8-11H2,(H2,16,18). The van der Waals surface area contributed by atoms with Gasteiger partial charge in [-0.1, -0.05) is 25.3 Å². The van der Waals surface area contributed by atoms with E-state index in [0.717, 1.165) is 12.8 Å². The Labute approximate surface area is 109 Å². The zero-order valence-corrected chi connectivity index (χ0v) is 10.9. The molecular weight excluding hydrogens is 224 g/mol. The molecular formula is C15H22N2O. The summed E-state index contributed by atoms with van der Waals surface area (Å²) in [6.07, 6.45) is 10.5. The Morgan fingerprint density at radius 2 is 2.06 bits per heavy atom. The van der Waals surface area contributed by atoms with Gasteiger partial charge in [-0.25, -0.2) is 0 Å². The average molecular weight is 246 g/mol. The van der Waals surface area contributed by atoms with Gasteiger partial charge in [0.25, 0.3) is 0 Å². The Kier molecular flexibility index (Phi) is 4.34. The number of primary amides is 1. The van der Waals surface area contributed by atoms with Crippen molar-refractivity contribution in [2.75, 3.05) is 0 Å². The van der Waals surface area contributed by atoms with Gasteiger partial charge in [0.15, 0.2) is 0 Å². The highest BCUT2D eigenvalue weighted by atomic mass is 16.1. The molecule has 0 aliphatic heterocycles. The van der Waals surface area contributed by atoms with Crippen LogP contribution in [0.25, 0.3) is 0 Å². The van der Waals surface area contributed by atoms with Crippen molar-refractivity contribution < 1.29 is 4.79 Å². The molecule has 0 radical (unpaired) electrons. The van der Waals surface area contributed by atoms with Crippen LogP contribution in [0.1, 0.15) is 57.1 Å². The molecule has 1 amide bonds. The van der Waals surface area contributed by atoms with Gasteiger partial charge in [-0.05, 0) is 37.8 Å². The second-order valence-corrected chi connectivity index (χ2v) is 5.38. The SMILES string of the molecule is NC(=O)CCCC1(c2ccccn2)CCCCC1. The smallest absolute Gasteiger partial charge is 0.217 e. The quantitative estimate of drug-likeness (QED) is 0.868. The first kappa shape index (κ1) is 13.1. The summed E-state index contributed by atoms with van der Waals surface area (Å²) in [5.74, 6) is -0.193. The van der Waals surface area contributed by atoms with Crippen LogP contribution in [0.2, 0.25) is 0 Å². The Bertz CT molecular complexity index is 383. The lowest BCUT2D eigenvalue weighted by molar-refractivity contribution is -0.118. The van der Waals surface area contributed by atoms with Gasteiger partial charge in [0.2, 0.25) is 5.91 Å². The molecule has 0 atom stereocenters. The number of pyridine rings is 1. The van der Waals surface area contributed by atoms with E-state index in [1.165, 1.54) is 37.8 Å². The van der Waals surface area contributed by atoms with Crippen LogP contribution in [-0.2, 0) is 10.2 Å². The number of nitrogens with zero attached hydrogens (tertiary/aromatic N) is 1. The summed E-state index contributed by atoms with van der Waals surface area (Å²) < 4.78 is 0. The molecule has 1 aromatic heterocycles. The average Bonchev–Trinajstić information content (AvgIpc) is 2.40. The van der Waals surface area contributed by atoms with Crippen LogP contribution >= 0.6 is 0 Å². The molecule has 18 heavy (non-hydrogen) atoms. The topological polar surface area (TPSA) is 56.0 Å². The molecule has 0 spiro atoms. The lowest BCUT2D eigenvalue weighted by atomic mass is 9.68. The van der Waals surface area contributed by atoms with Gasteiger partial charge in [-0.15, -0.1) is 0 Å². The number of carbonyl (C=O) groups is 1. The Morgan fingerprint density at radius 1 is 1.28 bits per heavy atom. The fourth-order valence-corrected chi connectivity index (χ4v) is 3.14. The maximum absolute atomic E-state index is 10.9. The fourth-order valence-electron chi connectivity index (χ4n) is 3.14. The number of amides is 1. The number of hydrogen-bond acceptors (Lipinski definition) is 2. The van der Waals surface area contributed by atoms with Gasteiger partial charge in [-0.2, -0.15) is 0 Å². The molecule has 1 aliphatic rings. The first-order valence-corrected chi connectivity index (χ1v) is 6.93. The molecule has 1 saturated carbocycles. The predicted molar refractivity (Wildman–Crippen MR) is 72.0 cm³/mol. The van der Waals surface area contributed by atoms with E-state index in [9.17, 15) is 4.79 Å². The van der Waals surface area contributed by atoms with Crippen molar-refractivity contribution in [3.8, 4) is 0 Å². The van der Waals surface area contributed by atoms with Gasteiger partial charge in [-0.3, -0.25) is 9.78 Å². The lowest BCUT2D eigenvalue weighted by Gasteiger charge is -2.37. The molecule has 0 aromatic carbocycles. The first-order valence-electron chi connectivity index (χ1n) is 6.93. The molecule has 0 unspecified atom stereocenters. The Morgan fingerprint density at radius 3 is 2.67 bits per heavy atom. The third-order valence-corrected chi connectivity index (χ3v) is 4.10. The molecule has 3 heteroatoms. The fraction of sp³-hybridized carbons (Fsp3) is 0.600. The molecule has 0 bridgehead atoms. The number of aromatic nitrogens is 1. The molecule has 2 N–H and O–H groups in total. The van der Waals surface area contributed by atoms with Crippen LogP contribution in [0.3, 0.4) is 0 Å². The number of rotatable bonds is 5. The van der Waals surface area contributed by atoms with Crippen LogP contribution in [0.5, 0.6) is 0 Å². The van der Waals surface area contributed by atoms with Crippen molar-refractivity contribution in [3.63, 3.8) is 0 Å². The maximum Gasteiger partial charge on any atom is 0.217 e. The third-order valence-electron chi connectivity index (χ3n) is 4.10. The molecule has 1 fully saturated rings. The van der Waals surface area contributed by atoms with Crippen LogP contribution in [-0.4, -0.2) is 10.9 Å². The summed E-state index contributed by atoms with van der Waals surface area (Å²) in [6.45, 7) is 0. The predicted octanol–water partition coefficient (Wildman–Crippen LogP) is 2.94. The molecule has 1 heterocycles. The molecule has 98 valence electrons. The van der Waals surface area contributed by atoms with Crippen LogP contribution in [0.15, 0.2) is 24.4 Å². The van der Waals surface area contributed by atoms with Gasteiger partial charge in [0.1, 0.15) is 0 Å². The third kappa shape index (κ3) is 3.09. The highest BCUT2D eigenvalue weighted by molar-refractivity contribution is 5.73. The van der Waals surface area contributed by atoms with E-state index in [1.54, 1.807) is 0 Å². The van der Waals surface area contributed by atoms with Crippen molar-refractivity contribution in [2.45, 2.75) is 56.8 Å². The molecule has 0 saturated heterocycles. The minimum atomic E-state index is -0.193. The van der Waals surface area contributed by atoms with E-state index in [-0.39, 0.29) is 11.3 Å². The van der Waals surface area contributed by atoms with Crippen molar-refractivity contribution in [1.82, 2.24) is 4.98 Å². The van der Waals surface area contributed by atoms with Crippen molar-refractivity contribution >= 4 is 5.91 Å².